The van der Waals surface area contributed by atoms with Gasteiger partial charge in [0, 0.05) is 6.04 Å². The van der Waals surface area contributed by atoms with Gasteiger partial charge in [-0.05, 0) is 25.0 Å². The van der Waals surface area contributed by atoms with Crippen LogP contribution in [0.25, 0.3) is 0 Å². The van der Waals surface area contributed by atoms with E-state index < -0.39 is 31.3 Å². The minimum Gasteiger partial charge on any atom is -0.258 e. The Morgan fingerprint density at radius 3 is 2.38 bits per heavy atom. The van der Waals surface area contributed by atoms with Gasteiger partial charge in [0.25, 0.3) is 0 Å². The molecular formula is C13H17FN2O4S. The van der Waals surface area contributed by atoms with Gasteiger partial charge in [0.2, 0.25) is 15.8 Å². The largest absolute Gasteiger partial charge is 0.324 e. The fourth-order valence-electron chi connectivity index (χ4n) is 2.57. The van der Waals surface area contributed by atoms with Gasteiger partial charge in [-0.1, -0.05) is 31.7 Å². The first-order valence-corrected chi connectivity index (χ1v) is 8.35. The quantitative estimate of drug-likeness (QED) is 0.525. The summed E-state index contributed by atoms with van der Waals surface area (Å²) in [6, 6.07) is 2.84. The Labute approximate surface area is 122 Å². The van der Waals surface area contributed by atoms with Crippen molar-refractivity contribution in [3.05, 3.63) is 34.1 Å². The average Bonchev–Trinajstić information content (AvgIpc) is 2.66. The first-order valence-electron chi connectivity index (χ1n) is 6.87. The number of rotatable bonds is 4. The Bertz CT molecular complexity index is 625. The minimum absolute atomic E-state index is 0.250. The van der Waals surface area contributed by atoms with E-state index in [0.29, 0.717) is 12.8 Å². The van der Waals surface area contributed by atoms with Crippen LogP contribution in [0.15, 0.2) is 23.1 Å². The molecule has 1 aromatic carbocycles. The normalized spacial score (nSPS) is 17.4. The molecule has 21 heavy (non-hydrogen) atoms. The highest BCUT2D eigenvalue weighted by atomic mass is 32.2. The summed E-state index contributed by atoms with van der Waals surface area (Å²) in [6.45, 7) is 0. The molecule has 0 saturated heterocycles. The molecule has 0 unspecified atom stereocenters. The summed E-state index contributed by atoms with van der Waals surface area (Å²) < 4.78 is 40.6. The van der Waals surface area contributed by atoms with Crippen LogP contribution in [-0.4, -0.2) is 19.4 Å². The van der Waals surface area contributed by atoms with Gasteiger partial charge < -0.3 is 0 Å². The molecule has 1 fully saturated rings. The number of para-hydroxylation sites is 1. The lowest BCUT2D eigenvalue weighted by Gasteiger charge is -2.16. The maximum Gasteiger partial charge on any atom is 0.324 e. The number of nitrogens with one attached hydrogen (secondary N) is 1. The van der Waals surface area contributed by atoms with E-state index in [9.17, 15) is 22.9 Å². The molecule has 2 rings (SSSR count). The molecule has 0 aliphatic heterocycles. The van der Waals surface area contributed by atoms with Crippen LogP contribution in [0.2, 0.25) is 0 Å². The predicted molar refractivity (Wildman–Crippen MR) is 74.9 cm³/mol. The smallest absolute Gasteiger partial charge is 0.258 e. The Balaban J connectivity index is 2.31. The maximum absolute atomic E-state index is 13.5. The molecular weight excluding hydrogens is 299 g/mol. The third-order valence-electron chi connectivity index (χ3n) is 3.60. The summed E-state index contributed by atoms with van der Waals surface area (Å²) in [7, 11) is -4.11. The number of benzene rings is 1. The van der Waals surface area contributed by atoms with Gasteiger partial charge in [-0.3, -0.25) is 10.1 Å². The van der Waals surface area contributed by atoms with Crippen LogP contribution >= 0.6 is 0 Å². The number of nitro groups is 1. The topological polar surface area (TPSA) is 89.3 Å². The Morgan fingerprint density at radius 1 is 1.19 bits per heavy atom. The van der Waals surface area contributed by atoms with E-state index in [1.54, 1.807) is 0 Å². The molecule has 1 aromatic rings. The number of nitrogens with zero attached hydrogens (tertiary/aromatic N) is 1. The molecule has 0 amide bonds. The number of sulfonamides is 1. The Morgan fingerprint density at radius 2 is 1.81 bits per heavy atom. The lowest BCUT2D eigenvalue weighted by atomic mass is 10.1. The van der Waals surface area contributed by atoms with Crippen molar-refractivity contribution < 1.29 is 17.7 Å². The van der Waals surface area contributed by atoms with Crippen molar-refractivity contribution in [3.8, 4) is 0 Å². The summed E-state index contributed by atoms with van der Waals surface area (Å²) in [4.78, 5) is 9.29. The van der Waals surface area contributed by atoms with Crippen LogP contribution in [0.3, 0.4) is 0 Å². The second-order valence-corrected chi connectivity index (χ2v) is 6.84. The monoisotopic (exact) mass is 316 g/mol. The molecule has 1 aliphatic rings. The fraction of sp³-hybridized carbons (Fsp3) is 0.538. The SMILES string of the molecule is O=[N+]([O-])c1c(F)cccc1S(=O)(=O)NC1CCCCCC1. The molecule has 0 aromatic heterocycles. The number of nitro benzene ring substituents is 1. The molecule has 1 aliphatic carbocycles. The zero-order chi connectivity index (χ0) is 15.5. The molecule has 0 radical (unpaired) electrons. The third kappa shape index (κ3) is 3.76. The fourth-order valence-corrected chi connectivity index (χ4v) is 4.06. The second kappa shape index (κ2) is 6.48. The van der Waals surface area contributed by atoms with Crippen LogP contribution < -0.4 is 4.72 Å². The molecule has 116 valence electrons. The van der Waals surface area contributed by atoms with Crippen molar-refractivity contribution in [1.82, 2.24) is 4.72 Å². The highest BCUT2D eigenvalue weighted by Crippen LogP contribution is 2.27. The Kier molecular flexibility index (Phi) is 4.89. The van der Waals surface area contributed by atoms with E-state index in [0.717, 1.165) is 43.9 Å². The van der Waals surface area contributed by atoms with Crippen LogP contribution in [0.1, 0.15) is 38.5 Å². The molecule has 0 spiro atoms. The molecule has 0 bridgehead atoms. The zero-order valence-corrected chi connectivity index (χ0v) is 12.2. The Hall–Kier alpha value is -1.54. The van der Waals surface area contributed by atoms with Gasteiger partial charge in [-0.25, -0.2) is 13.1 Å². The van der Waals surface area contributed by atoms with E-state index >= 15 is 0 Å². The lowest BCUT2D eigenvalue weighted by molar-refractivity contribution is -0.390. The molecule has 1 N–H and O–H groups in total. The standard InChI is InChI=1S/C13H17FN2O4S/c14-11-8-5-9-12(13(11)16(17)18)21(19,20)15-10-6-3-1-2-4-7-10/h5,8-10,15H,1-4,6-7H2. The van der Waals surface area contributed by atoms with Gasteiger partial charge in [0.15, 0.2) is 4.90 Å². The zero-order valence-electron chi connectivity index (χ0n) is 11.4. The molecule has 6 nitrogen and oxygen atoms in total. The summed E-state index contributed by atoms with van der Waals surface area (Å²) in [5.74, 6) is -1.15. The average molecular weight is 316 g/mol. The van der Waals surface area contributed by atoms with Crippen LogP contribution in [0.4, 0.5) is 10.1 Å². The highest BCUT2D eigenvalue weighted by molar-refractivity contribution is 7.89. The van der Waals surface area contributed by atoms with Gasteiger partial charge in [0.05, 0.1) is 4.92 Å². The van der Waals surface area contributed by atoms with E-state index in [1.807, 2.05) is 0 Å². The first-order chi connectivity index (χ1) is 9.92. The van der Waals surface area contributed by atoms with Crippen molar-refractivity contribution >= 4 is 15.7 Å². The van der Waals surface area contributed by atoms with Crippen molar-refractivity contribution in [1.29, 1.82) is 0 Å². The molecule has 8 heteroatoms. The van der Waals surface area contributed by atoms with Crippen molar-refractivity contribution in [2.75, 3.05) is 0 Å². The lowest BCUT2D eigenvalue weighted by Crippen LogP contribution is -2.34. The van der Waals surface area contributed by atoms with E-state index in [-0.39, 0.29) is 6.04 Å². The van der Waals surface area contributed by atoms with Gasteiger partial charge >= 0.3 is 5.69 Å². The van der Waals surface area contributed by atoms with Crippen molar-refractivity contribution in [2.24, 2.45) is 0 Å². The van der Waals surface area contributed by atoms with Crippen molar-refractivity contribution in [2.45, 2.75) is 49.5 Å². The molecule has 0 heterocycles. The number of hydrogen-bond donors (Lipinski definition) is 1. The summed E-state index contributed by atoms with van der Waals surface area (Å²) in [5, 5.41) is 10.9. The second-order valence-electron chi connectivity index (χ2n) is 5.15. The maximum atomic E-state index is 13.5. The van der Waals surface area contributed by atoms with Crippen LogP contribution in [0.5, 0.6) is 0 Å². The minimum atomic E-state index is -4.11. The van der Waals surface area contributed by atoms with Gasteiger partial charge in [-0.15, -0.1) is 0 Å². The highest BCUT2D eigenvalue weighted by Gasteiger charge is 2.31. The number of hydrogen-bond acceptors (Lipinski definition) is 4. The predicted octanol–water partition coefficient (Wildman–Crippen LogP) is 2.74. The van der Waals surface area contributed by atoms with Gasteiger partial charge in [-0.2, -0.15) is 4.39 Å². The summed E-state index contributed by atoms with van der Waals surface area (Å²) in [5.41, 5.74) is -1.00. The van der Waals surface area contributed by atoms with Crippen LogP contribution in [0, 0.1) is 15.9 Å². The van der Waals surface area contributed by atoms with Crippen molar-refractivity contribution in [3.63, 3.8) is 0 Å². The summed E-state index contributed by atoms with van der Waals surface area (Å²) >= 11 is 0. The van der Waals surface area contributed by atoms with E-state index in [2.05, 4.69) is 4.72 Å². The number of halogens is 1. The third-order valence-corrected chi connectivity index (χ3v) is 5.15. The van der Waals surface area contributed by atoms with Gasteiger partial charge in [0.1, 0.15) is 0 Å². The molecule has 0 atom stereocenters. The summed E-state index contributed by atoms with van der Waals surface area (Å²) in [6.07, 6.45) is 5.33. The van der Waals surface area contributed by atoms with E-state index in [1.165, 1.54) is 0 Å². The first kappa shape index (κ1) is 15.8. The molecule has 1 saturated carbocycles. The van der Waals surface area contributed by atoms with E-state index in [4.69, 9.17) is 0 Å². The van der Waals surface area contributed by atoms with Crippen LogP contribution in [-0.2, 0) is 10.0 Å².